The highest BCUT2D eigenvalue weighted by Crippen LogP contribution is 2.24. The molecule has 0 saturated carbocycles. The smallest absolute Gasteiger partial charge is 0.253 e. The van der Waals surface area contributed by atoms with E-state index in [-0.39, 0.29) is 5.91 Å². The Morgan fingerprint density at radius 1 is 1.50 bits per heavy atom. The van der Waals surface area contributed by atoms with Crippen LogP contribution >= 0.6 is 0 Å². The molecule has 2 rings (SSSR count). The van der Waals surface area contributed by atoms with Crippen molar-refractivity contribution in [3.8, 4) is 5.75 Å². The number of nitrogens with zero attached hydrogens (tertiary/aromatic N) is 2. The van der Waals surface area contributed by atoms with Crippen LogP contribution in [0.5, 0.6) is 5.75 Å². The van der Waals surface area contributed by atoms with E-state index in [0.29, 0.717) is 23.5 Å². The molecule has 0 saturated heterocycles. The van der Waals surface area contributed by atoms with Gasteiger partial charge in [-0.1, -0.05) is 6.07 Å². The maximum absolute atomic E-state index is 12.1. The zero-order valence-electron chi connectivity index (χ0n) is 11.6. The van der Waals surface area contributed by atoms with E-state index in [1.165, 1.54) is 7.11 Å². The Balaban J connectivity index is 1.95. The molecule has 106 valence electrons. The van der Waals surface area contributed by atoms with Crippen molar-refractivity contribution in [1.29, 1.82) is 0 Å². The Morgan fingerprint density at radius 2 is 2.30 bits per heavy atom. The SMILES string of the molecule is COc1cccc(C(=O)NCCc2cnn(C)c2)c1N. The molecule has 1 aromatic heterocycles. The second kappa shape index (κ2) is 6.10. The van der Waals surface area contributed by atoms with Crippen molar-refractivity contribution in [1.82, 2.24) is 15.1 Å². The van der Waals surface area contributed by atoms with Crippen LogP contribution in [-0.4, -0.2) is 29.3 Å². The summed E-state index contributed by atoms with van der Waals surface area (Å²) < 4.78 is 6.83. The number of carbonyl (C=O) groups is 1. The third-order valence-electron chi connectivity index (χ3n) is 2.99. The summed E-state index contributed by atoms with van der Waals surface area (Å²) in [5.74, 6) is 0.301. The second-order valence-electron chi connectivity index (χ2n) is 4.45. The number of hydrogen-bond acceptors (Lipinski definition) is 4. The van der Waals surface area contributed by atoms with Crippen LogP contribution in [-0.2, 0) is 13.5 Å². The van der Waals surface area contributed by atoms with Crippen LogP contribution in [0.2, 0.25) is 0 Å². The molecule has 0 unspecified atom stereocenters. The lowest BCUT2D eigenvalue weighted by atomic mass is 10.1. The van der Waals surface area contributed by atoms with Gasteiger partial charge in [0.05, 0.1) is 24.6 Å². The van der Waals surface area contributed by atoms with Gasteiger partial charge in [-0.05, 0) is 24.1 Å². The molecule has 1 amide bonds. The van der Waals surface area contributed by atoms with E-state index in [4.69, 9.17) is 10.5 Å². The van der Waals surface area contributed by atoms with Crippen molar-refractivity contribution in [3.63, 3.8) is 0 Å². The number of aryl methyl sites for hydroxylation is 1. The first-order valence-electron chi connectivity index (χ1n) is 6.30. The van der Waals surface area contributed by atoms with E-state index < -0.39 is 0 Å². The molecule has 0 aliphatic carbocycles. The lowest BCUT2D eigenvalue weighted by Crippen LogP contribution is -2.26. The van der Waals surface area contributed by atoms with Gasteiger partial charge in [0, 0.05) is 19.8 Å². The fraction of sp³-hybridized carbons (Fsp3) is 0.286. The lowest BCUT2D eigenvalue weighted by molar-refractivity contribution is 0.0954. The highest BCUT2D eigenvalue weighted by atomic mass is 16.5. The van der Waals surface area contributed by atoms with Gasteiger partial charge >= 0.3 is 0 Å². The van der Waals surface area contributed by atoms with Gasteiger partial charge in [0.2, 0.25) is 0 Å². The van der Waals surface area contributed by atoms with Crippen molar-refractivity contribution in [2.24, 2.45) is 7.05 Å². The molecular weight excluding hydrogens is 256 g/mol. The van der Waals surface area contributed by atoms with E-state index in [9.17, 15) is 4.79 Å². The minimum Gasteiger partial charge on any atom is -0.495 e. The molecule has 0 bridgehead atoms. The summed E-state index contributed by atoms with van der Waals surface area (Å²) in [6.45, 7) is 0.529. The summed E-state index contributed by atoms with van der Waals surface area (Å²) in [6, 6.07) is 5.14. The van der Waals surface area contributed by atoms with Crippen molar-refractivity contribution in [2.45, 2.75) is 6.42 Å². The third-order valence-corrected chi connectivity index (χ3v) is 2.99. The minimum atomic E-state index is -0.203. The number of ether oxygens (including phenoxy) is 1. The molecule has 6 heteroatoms. The second-order valence-corrected chi connectivity index (χ2v) is 4.45. The van der Waals surface area contributed by atoms with Gasteiger partial charge < -0.3 is 15.8 Å². The molecule has 0 spiro atoms. The number of para-hydroxylation sites is 1. The van der Waals surface area contributed by atoms with Crippen LogP contribution in [0, 0.1) is 0 Å². The predicted octanol–water partition coefficient (Wildman–Crippen LogP) is 0.983. The van der Waals surface area contributed by atoms with Gasteiger partial charge in [-0.3, -0.25) is 9.48 Å². The van der Waals surface area contributed by atoms with Crippen LogP contribution in [0.15, 0.2) is 30.6 Å². The molecular formula is C14H18N4O2. The number of nitrogens with one attached hydrogen (secondary N) is 1. The van der Waals surface area contributed by atoms with Crippen LogP contribution < -0.4 is 15.8 Å². The predicted molar refractivity (Wildman–Crippen MR) is 76.7 cm³/mol. The number of anilines is 1. The van der Waals surface area contributed by atoms with Crippen molar-refractivity contribution in [2.75, 3.05) is 19.4 Å². The fourth-order valence-electron chi connectivity index (χ4n) is 1.94. The topological polar surface area (TPSA) is 82.2 Å². The molecule has 0 fully saturated rings. The summed E-state index contributed by atoms with van der Waals surface area (Å²) in [4.78, 5) is 12.1. The minimum absolute atomic E-state index is 0.203. The van der Waals surface area contributed by atoms with Gasteiger partial charge in [0.25, 0.3) is 5.91 Å². The zero-order chi connectivity index (χ0) is 14.5. The quantitative estimate of drug-likeness (QED) is 0.796. The number of amides is 1. The largest absolute Gasteiger partial charge is 0.495 e. The fourth-order valence-corrected chi connectivity index (χ4v) is 1.94. The van der Waals surface area contributed by atoms with Crippen molar-refractivity contribution in [3.05, 3.63) is 41.7 Å². The highest BCUT2D eigenvalue weighted by molar-refractivity contribution is 6.00. The Labute approximate surface area is 117 Å². The monoisotopic (exact) mass is 274 g/mol. The molecule has 2 aromatic rings. The van der Waals surface area contributed by atoms with Crippen LogP contribution in [0.1, 0.15) is 15.9 Å². The van der Waals surface area contributed by atoms with E-state index in [1.807, 2.05) is 13.2 Å². The first-order chi connectivity index (χ1) is 9.61. The van der Waals surface area contributed by atoms with E-state index in [0.717, 1.165) is 12.0 Å². The summed E-state index contributed by atoms with van der Waals surface area (Å²) in [5, 5.41) is 6.91. The molecule has 3 N–H and O–H groups in total. The van der Waals surface area contributed by atoms with Gasteiger partial charge in [-0.2, -0.15) is 5.10 Å². The molecule has 0 atom stereocenters. The average molecular weight is 274 g/mol. The van der Waals surface area contributed by atoms with Crippen molar-refractivity contribution >= 4 is 11.6 Å². The van der Waals surface area contributed by atoms with Crippen molar-refractivity contribution < 1.29 is 9.53 Å². The van der Waals surface area contributed by atoms with Gasteiger partial charge in [0.1, 0.15) is 5.75 Å². The molecule has 0 aliphatic heterocycles. The van der Waals surface area contributed by atoms with Gasteiger partial charge in [-0.15, -0.1) is 0 Å². The van der Waals surface area contributed by atoms with E-state index >= 15 is 0 Å². The number of nitrogens with two attached hydrogens (primary N) is 1. The molecule has 1 aromatic carbocycles. The number of nitrogen functional groups attached to an aromatic ring is 1. The molecule has 6 nitrogen and oxygen atoms in total. The van der Waals surface area contributed by atoms with Crippen LogP contribution in [0.4, 0.5) is 5.69 Å². The first-order valence-corrected chi connectivity index (χ1v) is 6.30. The van der Waals surface area contributed by atoms with E-state index in [2.05, 4.69) is 10.4 Å². The Hall–Kier alpha value is -2.50. The standard InChI is InChI=1S/C14H18N4O2/c1-18-9-10(8-17-18)6-7-16-14(19)11-4-3-5-12(20-2)13(11)15/h3-5,8-9H,6-7,15H2,1-2H3,(H,16,19). The number of carbonyl (C=O) groups excluding carboxylic acids is 1. The van der Waals surface area contributed by atoms with Gasteiger partial charge in [-0.25, -0.2) is 0 Å². The van der Waals surface area contributed by atoms with Crippen LogP contribution in [0.25, 0.3) is 0 Å². The number of rotatable bonds is 5. The molecule has 0 radical (unpaired) electrons. The van der Waals surface area contributed by atoms with E-state index in [1.54, 1.807) is 29.1 Å². The Morgan fingerprint density at radius 3 is 2.95 bits per heavy atom. The average Bonchev–Trinajstić information content (AvgIpc) is 2.84. The zero-order valence-corrected chi connectivity index (χ0v) is 11.6. The number of benzene rings is 1. The maximum atomic E-state index is 12.1. The highest BCUT2D eigenvalue weighted by Gasteiger charge is 2.12. The number of hydrogen-bond donors (Lipinski definition) is 2. The summed E-state index contributed by atoms with van der Waals surface area (Å²) in [7, 11) is 3.38. The Bertz CT molecular complexity index is 607. The molecule has 20 heavy (non-hydrogen) atoms. The summed E-state index contributed by atoms with van der Waals surface area (Å²) >= 11 is 0. The van der Waals surface area contributed by atoms with Crippen LogP contribution in [0.3, 0.4) is 0 Å². The molecule has 0 aliphatic rings. The third kappa shape index (κ3) is 3.09. The van der Waals surface area contributed by atoms with Gasteiger partial charge in [0.15, 0.2) is 0 Å². The summed E-state index contributed by atoms with van der Waals surface area (Å²) in [6.07, 6.45) is 4.43. The Kier molecular flexibility index (Phi) is 4.24. The number of methoxy groups -OCH3 is 1. The molecule has 1 heterocycles. The normalized spacial score (nSPS) is 10.3. The number of aromatic nitrogens is 2. The first kappa shape index (κ1) is 13.9. The summed E-state index contributed by atoms with van der Waals surface area (Å²) in [5.41, 5.74) is 7.74. The lowest BCUT2D eigenvalue weighted by Gasteiger charge is -2.10. The maximum Gasteiger partial charge on any atom is 0.253 e.